The number of rotatable bonds is 3. The maximum Gasteiger partial charge on any atom is 0.0514 e. The Balaban J connectivity index is 2.51. The number of aromatic nitrogens is 1. The van der Waals surface area contributed by atoms with Crippen molar-refractivity contribution in [2.45, 2.75) is 19.9 Å². The zero-order valence-corrected chi connectivity index (χ0v) is 10.6. The third-order valence-corrected chi connectivity index (χ3v) is 3.23. The van der Waals surface area contributed by atoms with Gasteiger partial charge in [-0.15, -0.1) is 0 Å². The molecule has 0 unspecified atom stereocenters. The van der Waals surface area contributed by atoms with Crippen LogP contribution in [0.4, 0.5) is 0 Å². The summed E-state index contributed by atoms with van der Waals surface area (Å²) in [5, 5.41) is 2.40. The van der Waals surface area contributed by atoms with Crippen LogP contribution < -0.4 is 0 Å². The fraction of sp³-hybridized carbons (Fsp3) is 0.231. The Hall–Kier alpha value is -0.920. The van der Waals surface area contributed by atoms with Crippen molar-refractivity contribution in [3.8, 4) is 0 Å². The highest BCUT2D eigenvalue weighted by molar-refractivity contribution is 6.38. The van der Waals surface area contributed by atoms with Crippen LogP contribution in [0.25, 0.3) is 10.9 Å². The molecule has 0 saturated heterocycles. The van der Waals surface area contributed by atoms with Gasteiger partial charge in [0.25, 0.3) is 0 Å². The first-order valence-corrected chi connectivity index (χ1v) is 5.98. The van der Waals surface area contributed by atoms with Crippen LogP contribution in [0.5, 0.6) is 0 Å². The van der Waals surface area contributed by atoms with Crippen LogP contribution in [0.15, 0.2) is 36.5 Å². The molecule has 1 heterocycles. The molecule has 0 bridgehead atoms. The molecule has 1 aromatic heterocycles. The highest BCUT2D eigenvalue weighted by atomic mass is 35.5. The van der Waals surface area contributed by atoms with Gasteiger partial charge in [0.15, 0.2) is 0 Å². The fourth-order valence-electron chi connectivity index (χ4n) is 1.71. The number of hydrogen-bond donors (Lipinski definition) is 0. The van der Waals surface area contributed by atoms with Gasteiger partial charge in [0.1, 0.15) is 0 Å². The number of halogens is 2. The topological polar surface area (TPSA) is 4.93 Å². The van der Waals surface area contributed by atoms with Crippen molar-refractivity contribution in [3.63, 3.8) is 0 Å². The molecule has 0 aliphatic carbocycles. The Morgan fingerprint density at radius 3 is 2.81 bits per heavy atom. The molecule has 16 heavy (non-hydrogen) atoms. The van der Waals surface area contributed by atoms with Crippen LogP contribution >= 0.6 is 23.2 Å². The molecule has 1 nitrogen and oxygen atoms in total. The molecule has 3 heteroatoms. The molecule has 1 aromatic carbocycles. The van der Waals surface area contributed by atoms with Gasteiger partial charge in [-0.05, 0) is 24.6 Å². The average Bonchev–Trinajstić information content (AvgIpc) is 2.61. The van der Waals surface area contributed by atoms with E-state index in [0.717, 1.165) is 23.9 Å². The van der Waals surface area contributed by atoms with Gasteiger partial charge < -0.3 is 4.57 Å². The van der Waals surface area contributed by atoms with E-state index in [0.29, 0.717) is 10.0 Å². The molecule has 2 aromatic rings. The summed E-state index contributed by atoms with van der Waals surface area (Å²) in [6.45, 7) is 6.93. The van der Waals surface area contributed by atoms with Crippen LogP contribution in [-0.2, 0) is 6.54 Å². The lowest BCUT2D eigenvalue weighted by atomic mass is 10.2. The van der Waals surface area contributed by atoms with E-state index in [1.165, 1.54) is 5.57 Å². The van der Waals surface area contributed by atoms with E-state index in [2.05, 4.69) is 18.1 Å². The van der Waals surface area contributed by atoms with Gasteiger partial charge in [0.05, 0.1) is 10.5 Å². The van der Waals surface area contributed by atoms with Crippen molar-refractivity contribution in [3.05, 3.63) is 46.6 Å². The molecule has 0 spiro atoms. The monoisotopic (exact) mass is 253 g/mol. The minimum atomic E-state index is 0.666. The maximum atomic E-state index is 6.13. The van der Waals surface area contributed by atoms with Crippen molar-refractivity contribution in [1.82, 2.24) is 4.57 Å². The number of fused-ring (bicyclic) bond motifs is 1. The number of hydrogen-bond acceptors (Lipinski definition) is 0. The molecular formula is C13H13Cl2N. The lowest BCUT2D eigenvalue weighted by molar-refractivity contribution is 0.790. The minimum Gasteiger partial charge on any atom is -0.343 e. The van der Waals surface area contributed by atoms with Crippen molar-refractivity contribution in [2.24, 2.45) is 0 Å². The molecule has 0 saturated carbocycles. The quantitative estimate of drug-likeness (QED) is 0.685. The Labute approximate surface area is 105 Å². The summed E-state index contributed by atoms with van der Waals surface area (Å²) in [5.74, 6) is 0. The first kappa shape index (κ1) is 11.6. The van der Waals surface area contributed by atoms with Crippen molar-refractivity contribution < 1.29 is 0 Å². The van der Waals surface area contributed by atoms with Gasteiger partial charge in [0, 0.05) is 23.2 Å². The maximum absolute atomic E-state index is 6.13. The summed E-state index contributed by atoms with van der Waals surface area (Å²) in [6, 6.07) is 5.72. The molecule has 0 N–H and O–H groups in total. The van der Waals surface area contributed by atoms with Gasteiger partial charge in [-0.25, -0.2) is 0 Å². The Kier molecular flexibility index (Phi) is 3.27. The summed E-state index contributed by atoms with van der Waals surface area (Å²) in [4.78, 5) is 0. The van der Waals surface area contributed by atoms with Crippen LogP contribution in [-0.4, -0.2) is 4.57 Å². The van der Waals surface area contributed by atoms with E-state index in [9.17, 15) is 0 Å². The van der Waals surface area contributed by atoms with Crippen LogP contribution in [0.1, 0.15) is 13.3 Å². The number of allylic oxidation sites excluding steroid dienone is 1. The average molecular weight is 254 g/mol. The second kappa shape index (κ2) is 4.52. The molecule has 0 radical (unpaired) electrons. The summed E-state index contributed by atoms with van der Waals surface area (Å²) in [7, 11) is 0. The molecule has 0 amide bonds. The smallest absolute Gasteiger partial charge is 0.0514 e. The largest absolute Gasteiger partial charge is 0.343 e. The highest BCUT2D eigenvalue weighted by Crippen LogP contribution is 2.29. The predicted octanol–water partition coefficient (Wildman–Crippen LogP) is 4.91. The summed E-state index contributed by atoms with van der Waals surface area (Å²) >= 11 is 12.1. The molecule has 84 valence electrons. The molecule has 2 rings (SSSR count). The number of nitrogens with zero attached hydrogens (tertiary/aromatic N) is 1. The molecule has 0 atom stereocenters. The molecule has 0 aliphatic heterocycles. The molecule has 0 aliphatic rings. The van der Waals surface area contributed by atoms with Gasteiger partial charge >= 0.3 is 0 Å². The molecule has 0 fully saturated rings. The van der Waals surface area contributed by atoms with Gasteiger partial charge in [-0.1, -0.05) is 42.3 Å². The predicted molar refractivity (Wildman–Crippen MR) is 71.4 cm³/mol. The van der Waals surface area contributed by atoms with Crippen molar-refractivity contribution in [1.29, 1.82) is 0 Å². The lowest BCUT2D eigenvalue weighted by Crippen LogP contribution is -1.97. The SMILES string of the molecule is C=C(CC)Cn1ccc2c(Cl)cc(Cl)cc21. The highest BCUT2D eigenvalue weighted by Gasteiger charge is 2.06. The van der Waals surface area contributed by atoms with Crippen LogP contribution in [0.3, 0.4) is 0 Å². The second-order valence-electron chi connectivity index (χ2n) is 3.87. The van der Waals surface area contributed by atoms with Crippen LogP contribution in [0.2, 0.25) is 10.0 Å². The third-order valence-electron chi connectivity index (χ3n) is 2.70. The van der Waals surface area contributed by atoms with E-state index >= 15 is 0 Å². The van der Waals surface area contributed by atoms with Gasteiger partial charge in [0.2, 0.25) is 0 Å². The van der Waals surface area contributed by atoms with Crippen LogP contribution in [0, 0.1) is 0 Å². The van der Waals surface area contributed by atoms with Crippen molar-refractivity contribution in [2.75, 3.05) is 0 Å². The second-order valence-corrected chi connectivity index (χ2v) is 4.71. The van der Waals surface area contributed by atoms with Crippen molar-refractivity contribution >= 4 is 34.1 Å². The minimum absolute atomic E-state index is 0.666. The first-order chi connectivity index (χ1) is 7.61. The summed E-state index contributed by atoms with van der Waals surface area (Å²) in [5.41, 5.74) is 2.25. The number of benzene rings is 1. The Bertz CT molecular complexity index is 540. The lowest BCUT2D eigenvalue weighted by Gasteiger charge is -2.07. The van der Waals surface area contributed by atoms with Gasteiger partial charge in [-0.3, -0.25) is 0 Å². The standard InChI is InChI=1S/C13H13Cl2N/c1-3-9(2)8-16-5-4-11-12(15)6-10(14)7-13(11)16/h4-7H,2-3,8H2,1H3. The molecular weight excluding hydrogens is 241 g/mol. The summed E-state index contributed by atoms with van der Waals surface area (Å²) < 4.78 is 2.12. The van der Waals surface area contributed by atoms with Gasteiger partial charge in [-0.2, -0.15) is 0 Å². The summed E-state index contributed by atoms with van der Waals surface area (Å²) in [6.07, 6.45) is 3.00. The van der Waals surface area contributed by atoms with E-state index in [4.69, 9.17) is 23.2 Å². The van der Waals surface area contributed by atoms with E-state index in [1.807, 2.05) is 18.3 Å². The Morgan fingerprint density at radius 2 is 2.12 bits per heavy atom. The van der Waals surface area contributed by atoms with E-state index in [-0.39, 0.29) is 0 Å². The zero-order valence-electron chi connectivity index (χ0n) is 9.13. The van der Waals surface area contributed by atoms with E-state index in [1.54, 1.807) is 6.07 Å². The Morgan fingerprint density at radius 1 is 1.38 bits per heavy atom. The third kappa shape index (κ3) is 2.11. The first-order valence-electron chi connectivity index (χ1n) is 5.22. The van der Waals surface area contributed by atoms with E-state index < -0.39 is 0 Å². The zero-order chi connectivity index (χ0) is 11.7. The normalized spacial score (nSPS) is 10.9. The fourth-order valence-corrected chi connectivity index (χ4v) is 2.25.